The van der Waals surface area contributed by atoms with Crippen molar-refractivity contribution in [2.75, 3.05) is 0 Å². The van der Waals surface area contributed by atoms with Crippen LogP contribution in [0.4, 0.5) is 0 Å². The van der Waals surface area contributed by atoms with Crippen molar-refractivity contribution in [2.45, 2.75) is 61.8 Å². The molecule has 1 heterocycles. The Labute approximate surface area is 160 Å². The Bertz CT molecular complexity index is 658. The van der Waals surface area contributed by atoms with Gasteiger partial charge in [0.05, 0.1) is 16.0 Å². The summed E-state index contributed by atoms with van der Waals surface area (Å²) in [7, 11) is -3.75. The molecular formula is C18H28ClNO3S2. The number of hydrogen-bond donors (Lipinski definition) is 2. The van der Waals surface area contributed by atoms with Crippen LogP contribution in [0.25, 0.3) is 0 Å². The first-order valence-corrected chi connectivity index (χ1v) is 11.1. The van der Waals surface area contributed by atoms with Gasteiger partial charge in [0.15, 0.2) is 0 Å². The lowest BCUT2D eigenvalue weighted by atomic mass is 9.78. The average molecular weight is 406 g/mol. The van der Waals surface area contributed by atoms with Gasteiger partial charge in [-0.15, -0.1) is 24.5 Å². The van der Waals surface area contributed by atoms with E-state index in [4.69, 9.17) is 11.6 Å². The summed E-state index contributed by atoms with van der Waals surface area (Å²) in [5, 5.41) is 11.3. The Hall–Kier alpha value is -0.660. The molecule has 0 saturated carbocycles. The van der Waals surface area contributed by atoms with E-state index in [0.29, 0.717) is 30.0 Å². The van der Waals surface area contributed by atoms with Gasteiger partial charge in [-0.05, 0) is 43.7 Å². The van der Waals surface area contributed by atoms with E-state index in [2.05, 4.69) is 17.9 Å². The van der Waals surface area contributed by atoms with E-state index >= 15 is 0 Å². The van der Waals surface area contributed by atoms with Crippen LogP contribution in [-0.2, 0) is 10.0 Å². The molecule has 0 saturated heterocycles. The molecule has 0 amide bonds. The molecule has 2 unspecified atom stereocenters. The van der Waals surface area contributed by atoms with Gasteiger partial charge >= 0.3 is 0 Å². The van der Waals surface area contributed by atoms with Gasteiger partial charge in [-0.2, -0.15) is 0 Å². The van der Waals surface area contributed by atoms with Crippen LogP contribution in [0.1, 0.15) is 46.0 Å². The fourth-order valence-corrected chi connectivity index (χ4v) is 5.71. The van der Waals surface area contributed by atoms with Gasteiger partial charge in [-0.1, -0.05) is 44.0 Å². The molecule has 0 bridgehead atoms. The highest BCUT2D eigenvalue weighted by atomic mass is 35.5. The predicted octanol–water partition coefficient (Wildman–Crippen LogP) is 4.76. The SMILES string of the molecule is C=CCCC(O)(CCC=C)C(NS(=O)(=O)c1ccc(Cl)s1)C(C)CC. The van der Waals surface area contributed by atoms with Crippen molar-refractivity contribution < 1.29 is 13.5 Å². The highest BCUT2D eigenvalue weighted by Crippen LogP contribution is 2.32. The van der Waals surface area contributed by atoms with E-state index in [0.717, 1.165) is 17.8 Å². The van der Waals surface area contributed by atoms with Crippen LogP contribution in [-0.4, -0.2) is 25.2 Å². The van der Waals surface area contributed by atoms with Gasteiger partial charge in [0.2, 0.25) is 10.0 Å². The summed E-state index contributed by atoms with van der Waals surface area (Å²) >= 11 is 6.88. The quantitative estimate of drug-likeness (QED) is 0.493. The molecule has 7 heteroatoms. The summed E-state index contributed by atoms with van der Waals surface area (Å²) in [5.41, 5.74) is -1.17. The largest absolute Gasteiger partial charge is 0.388 e. The van der Waals surface area contributed by atoms with Crippen molar-refractivity contribution in [3.63, 3.8) is 0 Å². The second kappa shape index (κ2) is 9.88. The van der Waals surface area contributed by atoms with Gasteiger partial charge in [0.1, 0.15) is 4.21 Å². The molecule has 1 rings (SSSR count). The molecule has 4 nitrogen and oxygen atoms in total. The monoisotopic (exact) mass is 405 g/mol. The molecule has 0 spiro atoms. The first-order chi connectivity index (χ1) is 11.7. The summed E-state index contributed by atoms with van der Waals surface area (Å²) < 4.78 is 28.8. The number of aliphatic hydroxyl groups is 1. The number of hydrogen-bond acceptors (Lipinski definition) is 4. The lowest BCUT2D eigenvalue weighted by Crippen LogP contribution is -2.55. The van der Waals surface area contributed by atoms with Gasteiger partial charge in [0.25, 0.3) is 0 Å². The first kappa shape index (κ1) is 22.4. The lowest BCUT2D eigenvalue weighted by molar-refractivity contribution is -0.0225. The summed E-state index contributed by atoms with van der Waals surface area (Å²) in [6, 6.07) is 2.43. The minimum absolute atomic E-state index is 0.0372. The molecule has 2 N–H and O–H groups in total. The molecule has 1 aromatic heterocycles. The Kier molecular flexibility index (Phi) is 8.84. The predicted molar refractivity (Wildman–Crippen MR) is 107 cm³/mol. The molecule has 25 heavy (non-hydrogen) atoms. The number of sulfonamides is 1. The zero-order valence-corrected chi connectivity index (χ0v) is 17.3. The summed E-state index contributed by atoms with van der Waals surface area (Å²) in [6.07, 6.45) is 6.30. The van der Waals surface area contributed by atoms with Crippen LogP contribution < -0.4 is 4.72 Å². The number of thiophene rings is 1. The third-order valence-corrected chi connectivity index (χ3v) is 7.61. The Morgan fingerprint density at radius 2 is 1.88 bits per heavy atom. The van der Waals surface area contributed by atoms with Crippen LogP contribution in [0.2, 0.25) is 4.34 Å². The lowest BCUT2D eigenvalue weighted by Gasteiger charge is -2.39. The molecule has 142 valence electrons. The van der Waals surface area contributed by atoms with Crippen LogP contribution in [0.15, 0.2) is 41.7 Å². The maximum atomic E-state index is 12.8. The van der Waals surface area contributed by atoms with E-state index in [1.807, 2.05) is 13.8 Å². The van der Waals surface area contributed by atoms with Crippen molar-refractivity contribution in [3.8, 4) is 0 Å². The maximum absolute atomic E-state index is 12.8. The topological polar surface area (TPSA) is 66.4 Å². The number of allylic oxidation sites excluding steroid dienone is 2. The molecular weight excluding hydrogens is 378 g/mol. The summed E-state index contributed by atoms with van der Waals surface area (Å²) in [4.78, 5) is 0. The highest BCUT2D eigenvalue weighted by molar-refractivity contribution is 7.91. The van der Waals surface area contributed by atoms with E-state index in [1.54, 1.807) is 18.2 Å². The van der Waals surface area contributed by atoms with Crippen molar-refractivity contribution in [1.29, 1.82) is 0 Å². The second-order valence-corrected chi connectivity index (χ2v) is 9.96. The van der Waals surface area contributed by atoms with Gasteiger partial charge < -0.3 is 5.11 Å². The summed E-state index contributed by atoms with van der Waals surface area (Å²) in [6.45, 7) is 11.3. The standard InChI is InChI=1S/C18H28ClNO3S2/c1-5-8-12-18(21,13-9-6-2)17(14(4)7-3)20-25(22,23)16-11-10-15(19)24-16/h5-6,10-11,14,17,20-21H,1-2,7-9,12-13H2,3-4H3. The zero-order valence-electron chi connectivity index (χ0n) is 14.9. The molecule has 0 aliphatic carbocycles. The minimum atomic E-state index is -3.75. The van der Waals surface area contributed by atoms with Crippen molar-refractivity contribution in [1.82, 2.24) is 4.72 Å². The van der Waals surface area contributed by atoms with Gasteiger partial charge in [-0.25, -0.2) is 13.1 Å². The highest BCUT2D eigenvalue weighted by Gasteiger charge is 2.41. The molecule has 0 aliphatic rings. The number of halogens is 1. The zero-order chi connectivity index (χ0) is 19.1. The smallest absolute Gasteiger partial charge is 0.250 e. The van der Waals surface area contributed by atoms with E-state index < -0.39 is 21.7 Å². The third kappa shape index (κ3) is 6.22. The first-order valence-electron chi connectivity index (χ1n) is 8.42. The maximum Gasteiger partial charge on any atom is 0.250 e. The molecule has 0 aliphatic heterocycles. The van der Waals surface area contributed by atoms with Crippen LogP contribution in [0.5, 0.6) is 0 Å². The van der Waals surface area contributed by atoms with Crippen LogP contribution in [0.3, 0.4) is 0 Å². The second-order valence-electron chi connectivity index (χ2n) is 6.30. The van der Waals surface area contributed by atoms with Crippen molar-refractivity contribution in [2.24, 2.45) is 5.92 Å². The van der Waals surface area contributed by atoms with Crippen LogP contribution >= 0.6 is 22.9 Å². The normalized spacial score (nSPS) is 14.9. The number of rotatable bonds is 12. The molecule has 1 aromatic rings. The Morgan fingerprint density at radius 1 is 1.32 bits per heavy atom. The van der Waals surface area contributed by atoms with E-state index in [1.165, 1.54) is 6.07 Å². The number of nitrogens with one attached hydrogen (secondary N) is 1. The molecule has 0 aromatic carbocycles. The van der Waals surface area contributed by atoms with Crippen molar-refractivity contribution in [3.05, 3.63) is 41.8 Å². The van der Waals surface area contributed by atoms with Crippen molar-refractivity contribution >= 4 is 33.0 Å². The minimum Gasteiger partial charge on any atom is -0.388 e. The fourth-order valence-electron chi connectivity index (χ4n) is 2.80. The molecule has 2 atom stereocenters. The third-order valence-electron chi connectivity index (χ3n) is 4.45. The molecule has 0 fully saturated rings. The Morgan fingerprint density at radius 3 is 2.28 bits per heavy atom. The van der Waals surface area contributed by atoms with Gasteiger partial charge in [-0.3, -0.25) is 0 Å². The van der Waals surface area contributed by atoms with Gasteiger partial charge in [0, 0.05) is 0 Å². The summed E-state index contributed by atoms with van der Waals surface area (Å²) in [5.74, 6) is -0.0372. The van der Waals surface area contributed by atoms with Crippen LogP contribution in [0, 0.1) is 5.92 Å². The van der Waals surface area contributed by atoms with E-state index in [-0.39, 0.29) is 10.1 Å². The van der Waals surface area contributed by atoms with E-state index in [9.17, 15) is 13.5 Å². The molecule has 0 radical (unpaired) electrons. The fraction of sp³-hybridized carbons (Fsp3) is 0.556. The Balaban J connectivity index is 3.19. The average Bonchev–Trinajstić information content (AvgIpc) is 3.02.